The molecular weight excluding hydrogens is 364 g/mol. The first-order valence-electron chi connectivity index (χ1n) is 8.97. The molecule has 0 radical (unpaired) electrons. The molecule has 1 aromatic carbocycles. The summed E-state index contributed by atoms with van der Waals surface area (Å²) in [5.74, 6) is 0.0865. The van der Waals surface area contributed by atoms with Crippen molar-refractivity contribution >= 4 is 29.0 Å². The fourth-order valence-corrected chi connectivity index (χ4v) is 3.60. The van der Waals surface area contributed by atoms with Gasteiger partial charge in [0.05, 0.1) is 11.9 Å². The van der Waals surface area contributed by atoms with E-state index in [2.05, 4.69) is 10.3 Å². The molecule has 1 aliphatic rings. The van der Waals surface area contributed by atoms with Gasteiger partial charge in [-0.05, 0) is 37.8 Å². The number of nitrogens with one attached hydrogen (secondary N) is 1. The number of nitrogens with two attached hydrogens (primary N) is 2. The van der Waals surface area contributed by atoms with Crippen molar-refractivity contribution in [2.75, 3.05) is 5.32 Å². The Labute approximate surface area is 161 Å². The van der Waals surface area contributed by atoms with Gasteiger partial charge in [-0.3, -0.25) is 9.20 Å². The van der Waals surface area contributed by atoms with Crippen LogP contribution in [-0.4, -0.2) is 32.4 Å². The van der Waals surface area contributed by atoms with Gasteiger partial charge in [-0.15, -0.1) is 0 Å². The summed E-state index contributed by atoms with van der Waals surface area (Å²) in [6, 6.07) is 7.94. The molecule has 5 N–H and O–H groups in total. The van der Waals surface area contributed by atoms with Crippen molar-refractivity contribution in [3.05, 3.63) is 47.4 Å². The monoisotopic (exact) mass is 384 g/mol. The van der Waals surface area contributed by atoms with Gasteiger partial charge in [0.1, 0.15) is 5.69 Å². The molecule has 4 rings (SSSR count). The number of hydrogen-bond acceptors (Lipinski definition) is 5. The van der Waals surface area contributed by atoms with Gasteiger partial charge in [0.25, 0.3) is 5.91 Å². The Morgan fingerprint density at radius 3 is 2.56 bits per heavy atom. The topological polar surface area (TPSA) is 111 Å². The van der Waals surface area contributed by atoms with E-state index >= 15 is 0 Å². The van der Waals surface area contributed by atoms with Crippen molar-refractivity contribution in [3.8, 4) is 11.3 Å². The van der Waals surface area contributed by atoms with E-state index in [1.54, 1.807) is 22.7 Å². The highest BCUT2D eigenvalue weighted by molar-refractivity contribution is 6.30. The Balaban J connectivity index is 1.74. The second-order valence-corrected chi connectivity index (χ2v) is 7.38. The third-order valence-corrected chi connectivity index (χ3v) is 5.25. The van der Waals surface area contributed by atoms with E-state index in [9.17, 15) is 4.79 Å². The molecule has 1 amide bonds. The third kappa shape index (κ3) is 3.61. The number of benzene rings is 1. The number of fused-ring (bicyclic) bond motifs is 1. The van der Waals surface area contributed by atoms with Gasteiger partial charge in [0.15, 0.2) is 11.5 Å². The first kappa shape index (κ1) is 17.8. The summed E-state index contributed by atoms with van der Waals surface area (Å²) in [4.78, 5) is 20.9. The zero-order valence-electron chi connectivity index (χ0n) is 14.7. The first-order chi connectivity index (χ1) is 13.0. The second-order valence-electron chi connectivity index (χ2n) is 6.94. The lowest BCUT2D eigenvalue weighted by atomic mass is 9.92. The number of nitrogens with zero attached hydrogens (tertiary/aromatic N) is 3. The highest BCUT2D eigenvalue weighted by atomic mass is 35.5. The lowest BCUT2D eigenvalue weighted by Crippen LogP contribution is -2.33. The van der Waals surface area contributed by atoms with E-state index in [0.29, 0.717) is 16.5 Å². The van der Waals surface area contributed by atoms with E-state index in [-0.39, 0.29) is 17.8 Å². The maximum Gasteiger partial charge on any atom is 0.267 e. The average Bonchev–Trinajstić information content (AvgIpc) is 3.09. The van der Waals surface area contributed by atoms with Gasteiger partial charge in [0, 0.05) is 28.9 Å². The van der Waals surface area contributed by atoms with Crippen LogP contribution in [0, 0.1) is 0 Å². The maximum absolute atomic E-state index is 11.8. The number of aromatic nitrogens is 3. The van der Waals surface area contributed by atoms with E-state index < -0.39 is 5.91 Å². The number of imidazole rings is 1. The molecular formula is C19H21ClN6O. The van der Waals surface area contributed by atoms with Gasteiger partial charge in [-0.1, -0.05) is 23.7 Å². The average molecular weight is 385 g/mol. The van der Waals surface area contributed by atoms with Crippen molar-refractivity contribution in [3.63, 3.8) is 0 Å². The van der Waals surface area contributed by atoms with Crippen molar-refractivity contribution in [1.29, 1.82) is 0 Å². The van der Waals surface area contributed by atoms with E-state index in [1.165, 1.54) is 6.20 Å². The van der Waals surface area contributed by atoms with Crippen LogP contribution in [0.3, 0.4) is 0 Å². The fraction of sp³-hybridized carbons (Fsp3) is 0.316. The van der Waals surface area contributed by atoms with Crippen molar-refractivity contribution in [2.45, 2.75) is 37.8 Å². The third-order valence-electron chi connectivity index (χ3n) is 5.00. The number of rotatable bonds is 4. The number of carbonyl (C=O) groups excluding carboxylic acids is 1. The van der Waals surface area contributed by atoms with E-state index in [0.717, 1.165) is 36.9 Å². The van der Waals surface area contributed by atoms with Crippen LogP contribution in [0.15, 0.2) is 36.7 Å². The molecule has 3 aromatic rings. The second kappa shape index (κ2) is 7.17. The molecule has 0 saturated heterocycles. The molecule has 1 aliphatic carbocycles. The summed E-state index contributed by atoms with van der Waals surface area (Å²) >= 11 is 5.97. The number of carbonyl (C=O) groups is 1. The number of anilines is 1. The number of hydrogen-bond donors (Lipinski definition) is 3. The molecule has 0 bridgehead atoms. The van der Waals surface area contributed by atoms with Crippen LogP contribution in [0.5, 0.6) is 0 Å². The molecule has 1 fully saturated rings. The minimum Gasteiger partial charge on any atom is -0.364 e. The van der Waals surface area contributed by atoms with Crippen molar-refractivity contribution in [1.82, 2.24) is 14.4 Å². The van der Waals surface area contributed by atoms with Crippen LogP contribution < -0.4 is 16.8 Å². The van der Waals surface area contributed by atoms with Crippen LogP contribution in [0.2, 0.25) is 5.02 Å². The Morgan fingerprint density at radius 2 is 1.89 bits per heavy atom. The predicted molar refractivity (Wildman–Crippen MR) is 106 cm³/mol. The normalized spacial score (nSPS) is 19.9. The first-order valence-corrected chi connectivity index (χ1v) is 9.35. The van der Waals surface area contributed by atoms with Gasteiger partial charge in [-0.25, -0.2) is 9.97 Å². The van der Waals surface area contributed by atoms with Gasteiger partial charge in [-0.2, -0.15) is 0 Å². The zero-order valence-corrected chi connectivity index (χ0v) is 15.5. The summed E-state index contributed by atoms with van der Waals surface area (Å²) in [6.45, 7) is 0. The summed E-state index contributed by atoms with van der Waals surface area (Å²) in [7, 11) is 0. The standard InChI is InChI=1S/C19H21ClN6O/c20-12-3-1-11(2-4-12)15-10-26-16(17(22)27)9-23-18(19(26)25-15)24-14-7-5-13(21)6-8-14/h1-4,9-10,13-14H,5-8,21H2,(H2,22,27)(H,23,24). The summed E-state index contributed by atoms with van der Waals surface area (Å²) in [6.07, 6.45) is 7.21. The maximum atomic E-state index is 11.8. The van der Waals surface area contributed by atoms with E-state index in [1.807, 2.05) is 12.1 Å². The number of primary amides is 1. The van der Waals surface area contributed by atoms with Crippen molar-refractivity contribution < 1.29 is 4.79 Å². The van der Waals surface area contributed by atoms with Crippen molar-refractivity contribution in [2.24, 2.45) is 11.5 Å². The number of amides is 1. The van der Waals surface area contributed by atoms with Crippen LogP contribution in [0.4, 0.5) is 5.82 Å². The predicted octanol–water partition coefficient (Wildman–Crippen LogP) is 2.83. The molecule has 2 heterocycles. The van der Waals surface area contributed by atoms with Crippen LogP contribution in [0.1, 0.15) is 36.2 Å². The van der Waals surface area contributed by atoms with E-state index in [4.69, 9.17) is 28.1 Å². The minimum absolute atomic E-state index is 0.274. The summed E-state index contributed by atoms with van der Waals surface area (Å²) in [5, 5.41) is 4.11. The fourth-order valence-electron chi connectivity index (χ4n) is 3.48. The van der Waals surface area contributed by atoms with Gasteiger partial charge in [0.2, 0.25) is 0 Å². The quantitative estimate of drug-likeness (QED) is 0.640. The van der Waals surface area contributed by atoms with Gasteiger partial charge >= 0.3 is 0 Å². The zero-order chi connectivity index (χ0) is 19.0. The van der Waals surface area contributed by atoms with Crippen LogP contribution >= 0.6 is 11.6 Å². The molecule has 0 aliphatic heterocycles. The Morgan fingerprint density at radius 1 is 1.19 bits per heavy atom. The molecule has 2 aromatic heterocycles. The Bertz CT molecular complexity index is 976. The lowest BCUT2D eigenvalue weighted by Gasteiger charge is -2.27. The number of halogens is 1. The summed E-state index contributed by atoms with van der Waals surface area (Å²) < 4.78 is 1.69. The molecule has 7 nitrogen and oxygen atoms in total. The molecule has 0 spiro atoms. The molecule has 0 unspecified atom stereocenters. The Kier molecular flexibility index (Phi) is 4.72. The SMILES string of the molecule is NC(=O)c1cnc(NC2CCC(N)CC2)c2nc(-c3ccc(Cl)cc3)cn12. The largest absolute Gasteiger partial charge is 0.364 e. The molecule has 27 heavy (non-hydrogen) atoms. The van der Waals surface area contributed by atoms with Gasteiger partial charge < -0.3 is 16.8 Å². The lowest BCUT2D eigenvalue weighted by molar-refractivity contribution is 0.0994. The van der Waals surface area contributed by atoms with Crippen LogP contribution in [-0.2, 0) is 0 Å². The molecule has 1 saturated carbocycles. The van der Waals surface area contributed by atoms with Crippen LogP contribution in [0.25, 0.3) is 16.9 Å². The Hall–Kier alpha value is -2.64. The molecule has 140 valence electrons. The summed E-state index contributed by atoms with van der Waals surface area (Å²) in [5.41, 5.74) is 14.0. The molecule has 0 atom stereocenters. The molecule has 8 heteroatoms. The smallest absolute Gasteiger partial charge is 0.267 e. The highest BCUT2D eigenvalue weighted by Gasteiger charge is 2.21. The highest BCUT2D eigenvalue weighted by Crippen LogP contribution is 2.27. The minimum atomic E-state index is -0.553.